The van der Waals surface area contributed by atoms with Gasteiger partial charge in [-0.05, 0) is 29.8 Å². The number of hydrogen-bond acceptors (Lipinski definition) is 4. The van der Waals surface area contributed by atoms with E-state index in [-0.39, 0.29) is 5.91 Å². The zero-order valence-corrected chi connectivity index (χ0v) is 14.1. The summed E-state index contributed by atoms with van der Waals surface area (Å²) in [7, 11) is 0. The topological polar surface area (TPSA) is 47.8 Å². The molecule has 122 valence electrons. The molecule has 4 aromatic rings. The lowest BCUT2D eigenvalue weighted by Gasteiger charge is -2.16. The van der Waals surface area contributed by atoms with Gasteiger partial charge in [0, 0.05) is 4.90 Å². The van der Waals surface area contributed by atoms with Gasteiger partial charge in [-0.2, -0.15) is 4.68 Å². The third kappa shape index (κ3) is 3.19. The van der Waals surface area contributed by atoms with Crippen LogP contribution in [0.1, 0.15) is 15.6 Å². The summed E-state index contributed by atoms with van der Waals surface area (Å²) >= 11 is 1.52. The molecule has 0 aliphatic rings. The Balaban J connectivity index is 1.76. The summed E-state index contributed by atoms with van der Waals surface area (Å²) in [6.07, 6.45) is 0. The monoisotopic (exact) mass is 345 g/mol. The minimum Gasteiger partial charge on any atom is -0.271 e. The number of thioether (sulfide) groups is 1. The molecule has 0 unspecified atom stereocenters. The number of fused-ring (bicyclic) bond motifs is 1. The number of benzene rings is 3. The fourth-order valence-corrected chi connectivity index (χ4v) is 3.75. The molecule has 0 aliphatic carbocycles. The van der Waals surface area contributed by atoms with Crippen molar-refractivity contribution in [3.05, 3.63) is 90.5 Å². The maximum absolute atomic E-state index is 13.3. The molecule has 0 radical (unpaired) electrons. The normalized spacial score (nSPS) is 12.2. The summed E-state index contributed by atoms with van der Waals surface area (Å²) in [6, 6.07) is 27.2. The summed E-state index contributed by atoms with van der Waals surface area (Å²) < 4.78 is 1.41. The van der Waals surface area contributed by atoms with E-state index in [9.17, 15) is 4.79 Å². The molecule has 1 heterocycles. The molecule has 0 aliphatic heterocycles. The molecule has 0 saturated heterocycles. The van der Waals surface area contributed by atoms with Crippen LogP contribution < -0.4 is 0 Å². The van der Waals surface area contributed by atoms with Crippen LogP contribution in [-0.2, 0) is 0 Å². The molecular weight excluding hydrogens is 330 g/mol. The van der Waals surface area contributed by atoms with Gasteiger partial charge in [0.1, 0.15) is 10.8 Å². The molecule has 4 nitrogen and oxygen atoms in total. The van der Waals surface area contributed by atoms with Crippen LogP contribution in [-0.4, -0.2) is 20.9 Å². The average molecular weight is 345 g/mol. The van der Waals surface area contributed by atoms with Crippen LogP contribution in [0.5, 0.6) is 0 Å². The first-order valence-corrected chi connectivity index (χ1v) is 8.82. The van der Waals surface area contributed by atoms with Crippen LogP contribution in [0.3, 0.4) is 0 Å². The Morgan fingerprint density at radius 1 is 0.840 bits per heavy atom. The van der Waals surface area contributed by atoms with Crippen LogP contribution in [0.15, 0.2) is 89.8 Å². The van der Waals surface area contributed by atoms with Gasteiger partial charge in [0.05, 0.1) is 5.52 Å². The van der Waals surface area contributed by atoms with Gasteiger partial charge >= 0.3 is 0 Å². The molecule has 0 N–H and O–H groups in total. The van der Waals surface area contributed by atoms with Gasteiger partial charge in [0.2, 0.25) is 0 Å². The highest BCUT2D eigenvalue weighted by Gasteiger charge is 2.25. The predicted molar refractivity (Wildman–Crippen MR) is 99.6 cm³/mol. The molecule has 0 amide bonds. The van der Waals surface area contributed by atoms with Crippen molar-refractivity contribution in [2.24, 2.45) is 0 Å². The van der Waals surface area contributed by atoms with Crippen LogP contribution in [0, 0.1) is 0 Å². The highest BCUT2D eigenvalue weighted by molar-refractivity contribution is 8.00. The third-order valence-electron chi connectivity index (χ3n) is 3.88. The van der Waals surface area contributed by atoms with Crippen molar-refractivity contribution in [1.29, 1.82) is 0 Å². The summed E-state index contributed by atoms with van der Waals surface area (Å²) in [6.45, 7) is 0. The van der Waals surface area contributed by atoms with Gasteiger partial charge in [0.25, 0.3) is 5.91 Å². The third-order valence-corrected chi connectivity index (χ3v) is 5.14. The van der Waals surface area contributed by atoms with Crippen molar-refractivity contribution < 1.29 is 4.79 Å². The first-order chi connectivity index (χ1) is 12.3. The number of aromatic nitrogens is 3. The molecular formula is C20H15N3OS. The van der Waals surface area contributed by atoms with Crippen molar-refractivity contribution >= 4 is 28.7 Å². The smallest absolute Gasteiger partial charge is 0.266 e. The van der Waals surface area contributed by atoms with E-state index in [0.717, 1.165) is 16.0 Å². The standard InChI is InChI=1S/C20H15N3OS/c24-20(23-18-14-8-7-13-17(18)21-22-23)19(15-9-3-1-4-10-15)25-16-11-5-2-6-12-16/h1-14,19H/t19-/m0/s1. The van der Waals surface area contributed by atoms with Crippen molar-refractivity contribution in [2.45, 2.75) is 10.1 Å². The quantitative estimate of drug-likeness (QED) is 0.507. The molecule has 0 spiro atoms. The van der Waals surface area contributed by atoms with Crippen LogP contribution >= 0.6 is 11.8 Å². The summed E-state index contributed by atoms with van der Waals surface area (Å²) in [5.41, 5.74) is 2.38. The molecule has 4 rings (SSSR count). The van der Waals surface area contributed by atoms with Crippen LogP contribution in [0.2, 0.25) is 0 Å². The number of rotatable bonds is 4. The van der Waals surface area contributed by atoms with Gasteiger partial charge in [-0.25, -0.2) is 0 Å². The van der Waals surface area contributed by atoms with E-state index >= 15 is 0 Å². The van der Waals surface area contributed by atoms with Crippen LogP contribution in [0.4, 0.5) is 0 Å². The summed E-state index contributed by atoms with van der Waals surface area (Å²) in [4.78, 5) is 14.3. The highest BCUT2D eigenvalue weighted by atomic mass is 32.2. The lowest BCUT2D eigenvalue weighted by atomic mass is 10.1. The fourth-order valence-electron chi connectivity index (χ4n) is 2.67. The lowest BCUT2D eigenvalue weighted by molar-refractivity contribution is 0.0898. The second kappa shape index (κ2) is 6.91. The minimum absolute atomic E-state index is 0.103. The Labute approximate surface area is 149 Å². The Morgan fingerprint density at radius 3 is 2.24 bits per heavy atom. The van der Waals surface area contributed by atoms with E-state index in [1.165, 1.54) is 16.4 Å². The van der Waals surface area contributed by atoms with E-state index in [1.807, 2.05) is 84.9 Å². The van der Waals surface area contributed by atoms with E-state index in [1.54, 1.807) is 0 Å². The van der Waals surface area contributed by atoms with Gasteiger partial charge in [-0.15, -0.1) is 16.9 Å². The second-order valence-electron chi connectivity index (χ2n) is 5.55. The maximum Gasteiger partial charge on any atom is 0.266 e. The Morgan fingerprint density at radius 2 is 1.48 bits per heavy atom. The number of carbonyl (C=O) groups is 1. The van der Waals surface area contributed by atoms with Gasteiger partial charge in [-0.3, -0.25) is 4.79 Å². The molecule has 25 heavy (non-hydrogen) atoms. The van der Waals surface area contributed by atoms with E-state index in [2.05, 4.69) is 10.3 Å². The first-order valence-electron chi connectivity index (χ1n) is 7.94. The largest absolute Gasteiger partial charge is 0.271 e. The molecule has 5 heteroatoms. The van der Waals surface area contributed by atoms with Gasteiger partial charge in [0.15, 0.2) is 0 Å². The molecule has 0 saturated carbocycles. The summed E-state index contributed by atoms with van der Waals surface area (Å²) in [5.74, 6) is -0.103. The zero-order chi connectivity index (χ0) is 17.1. The SMILES string of the molecule is O=C([C@@H](Sc1ccccc1)c1ccccc1)n1nnc2ccccc21. The number of hydrogen-bond donors (Lipinski definition) is 0. The molecule has 1 aromatic heterocycles. The first kappa shape index (κ1) is 15.6. The van der Waals surface area contributed by atoms with E-state index in [0.29, 0.717) is 5.52 Å². The van der Waals surface area contributed by atoms with Gasteiger partial charge < -0.3 is 0 Å². The number of nitrogens with zero attached hydrogens (tertiary/aromatic N) is 3. The van der Waals surface area contributed by atoms with E-state index in [4.69, 9.17) is 0 Å². The molecule has 3 aromatic carbocycles. The van der Waals surface area contributed by atoms with Crippen LogP contribution in [0.25, 0.3) is 11.0 Å². The second-order valence-corrected chi connectivity index (χ2v) is 6.73. The van der Waals surface area contributed by atoms with Crippen molar-refractivity contribution in [3.63, 3.8) is 0 Å². The van der Waals surface area contributed by atoms with Gasteiger partial charge in [-0.1, -0.05) is 65.9 Å². The summed E-state index contributed by atoms with van der Waals surface area (Å²) in [5, 5.41) is 7.80. The number of carbonyl (C=O) groups excluding carboxylic acids is 1. The van der Waals surface area contributed by atoms with Crippen molar-refractivity contribution in [3.8, 4) is 0 Å². The average Bonchev–Trinajstić information content (AvgIpc) is 3.11. The van der Waals surface area contributed by atoms with E-state index < -0.39 is 5.25 Å². The highest BCUT2D eigenvalue weighted by Crippen LogP contribution is 2.36. The minimum atomic E-state index is -0.395. The molecule has 0 fully saturated rings. The van der Waals surface area contributed by atoms with Crippen molar-refractivity contribution in [2.75, 3.05) is 0 Å². The predicted octanol–water partition coefficient (Wildman–Crippen LogP) is 4.61. The number of para-hydroxylation sites is 1. The molecule has 1 atom stereocenters. The zero-order valence-electron chi connectivity index (χ0n) is 13.3. The lowest BCUT2D eigenvalue weighted by Crippen LogP contribution is -2.19. The Kier molecular flexibility index (Phi) is 4.31. The van der Waals surface area contributed by atoms with Crippen molar-refractivity contribution in [1.82, 2.24) is 15.0 Å². The Hall–Kier alpha value is -2.92. The Bertz CT molecular complexity index is 999. The molecule has 0 bridgehead atoms. The fraction of sp³-hybridized carbons (Fsp3) is 0.0500. The maximum atomic E-state index is 13.3.